The number of rotatable bonds is 2. The minimum atomic E-state index is 0.0238. The molecule has 0 aromatic rings. The van der Waals surface area contributed by atoms with Gasteiger partial charge < -0.3 is 0 Å². The van der Waals surface area contributed by atoms with Gasteiger partial charge in [-0.25, -0.2) is 0 Å². The van der Waals surface area contributed by atoms with Gasteiger partial charge in [0.25, 0.3) is 0 Å². The van der Waals surface area contributed by atoms with Crippen molar-refractivity contribution in [1.82, 2.24) is 5.32 Å². The molecule has 0 spiro atoms. The van der Waals surface area contributed by atoms with Crippen LogP contribution in [0.25, 0.3) is 0 Å². The van der Waals surface area contributed by atoms with Gasteiger partial charge in [0, 0.05) is 0 Å². The minimum absolute atomic E-state index is 0.0238. The van der Waals surface area contributed by atoms with Crippen molar-refractivity contribution in [3.8, 4) is 0 Å². The molecule has 0 rings (SSSR count). The van der Waals surface area contributed by atoms with E-state index in [0.29, 0.717) is 0 Å². The van der Waals surface area contributed by atoms with E-state index in [1.807, 2.05) is 0 Å². The Hall–Kier alpha value is -0.212. The van der Waals surface area contributed by atoms with E-state index in [1.165, 1.54) is 19.4 Å². The molecule has 0 aliphatic rings. The number of hydrogen-bond donors (Lipinski definition) is 3. The summed E-state index contributed by atoms with van der Waals surface area (Å²) in [5.41, 5.74) is 10.4. The maximum atomic E-state index is 5.19. The summed E-state index contributed by atoms with van der Waals surface area (Å²) in [5, 5.41) is 3.16. The van der Waals surface area contributed by atoms with Gasteiger partial charge in [0.15, 0.2) is 0 Å². The van der Waals surface area contributed by atoms with Gasteiger partial charge in [-0.1, -0.05) is 0 Å². The van der Waals surface area contributed by atoms with Crippen molar-refractivity contribution in [3.63, 3.8) is 0 Å². The Morgan fingerprint density at radius 3 is 2.09 bits per heavy atom. The van der Waals surface area contributed by atoms with Gasteiger partial charge in [-0.2, -0.15) is 0 Å². The zero-order valence-corrected chi connectivity index (χ0v) is 9.94. The fraction of sp³-hybridized carbons (Fsp3) is 0.667. The van der Waals surface area contributed by atoms with E-state index in [-0.39, 0.29) is 11.5 Å². The number of aliphatic imine (C=N–C) groups is 1. The second kappa shape index (κ2) is 3.98. The quantitative estimate of drug-likeness (QED) is 0.463. The molecule has 5 N–H and O–H groups in total. The zero-order chi connectivity index (χ0) is 9.07. The Labute approximate surface area is 77.8 Å². The first-order chi connectivity index (χ1) is 4.81. The van der Waals surface area contributed by atoms with Crippen molar-refractivity contribution < 1.29 is 19.4 Å². The second-order valence-electron chi connectivity index (χ2n) is 3.22. The Morgan fingerprint density at radius 2 is 1.82 bits per heavy atom. The van der Waals surface area contributed by atoms with Crippen LogP contribution in [0.2, 0.25) is 0 Å². The van der Waals surface area contributed by atoms with Crippen molar-refractivity contribution in [1.29, 1.82) is 0 Å². The standard InChI is InChI=1S/C6H14N4.W/c1-6(2,3)10-4-9-5(7)8;/h10H,1-3H3,(H4,7,8,9);. The first-order valence-corrected chi connectivity index (χ1v) is 4.70. The molecule has 11 heavy (non-hydrogen) atoms. The molecule has 4 nitrogen and oxygen atoms in total. The Morgan fingerprint density at radius 1 is 1.36 bits per heavy atom. The summed E-state index contributed by atoms with van der Waals surface area (Å²) in [6.45, 7) is 6.16. The molecule has 0 aromatic heterocycles. The van der Waals surface area contributed by atoms with Crippen LogP contribution in [-0.2, 0) is 19.4 Å². The van der Waals surface area contributed by atoms with E-state index < -0.39 is 0 Å². The third-order valence-electron chi connectivity index (χ3n) is 0.713. The van der Waals surface area contributed by atoms with Gasteiger partial charge >= 0.3 is 77.5 Å². The zero-order valence-electron chi connectivity index (χ0n) is 7.01. The summed E-state index contributed by atoms with van der Waals surface area (Å²) < 4.78 is 0.817. The number of hydrogen-bond acceptors (Lipinski definition) is 2. The third kappa shape index (κ3) is 7.69. The van der Waals surface area contributed by atoms with E-state index in [1.54, 1.807) is 0 Å². The van der Waals surface area contributed by atoms with Gasteiger partial charge in [0.2, 0.25) is 0 Å². The van der Waals surface area contributed by atoms with Crippen LogP contribution in [0.15, 0.2) is 4.99 Å². The van der Waals surface area contributed by atoms with Crippen molar-refractivity contribution in [3.05, 3.63) is 0 Å². The number of nitrogens with one attached hydrogen (secondary N) is 1. The van der Waals surface area contributed by atoms with Crippen molar-refractivity contribution >= 4 is 10.1 Å². The fourth-order valence-electron chi connectivity index (χ4n) is 0.466. The van der Waals surface area contributed by atoms with Gasteiger partial charge in [0.05, 0.1) is 0 Å². The van der Waals surface area contributed by atoms with E-state index in [9.17, 15) is 0 Å². The average molecular weight is 326 g/mol. The molecular weight excluding hydrogens is 312 g/mol. The molecule has 64 valence electrons. The number of nitrogens with two attached hydrogens (primary N) is 2. The third-order valence-corrected chi connectivity index (χ3v) is 1.41. The molecule has 0 aliphatic heterocycles. The van der Waals surface area contributed by atoms with Crippen LogP contribution < -0.4 is 16.8 Å². The summed E-state index contributed by atoms with van der Waals surface area (Å²) in [6.07, 6.45) is 0. The molecule has 5 heteroatoms. The molecule has 0 saturated heterocycles. The van der Waals surface area contributed by atoms with Gasteiger partial charge in [-0.3, -0.25) is 0 Å². The van der Waals surface area contributed by atoms with Crippen LogP contribution in [0.1, 0.15) is 20.8 Å². The van der Waals surface area contributed by atoms with E-state index in [0.717, 1.165) is 4.15 Å². The Bertz CT molecular complexity index is 176. The topological polar surface area (TPSA) is 76.4 Å². The fourth-order valence-corrected chi connectivity index (χ4v) is 1.94. The second-order valence-corrected chi connectivity index (χ2v) is 4.61. The summed E-state index contributed by atoms with van der Waals surface area (Å²) in [7, 11) is 0. The molecule has 0 aliphatic carbocycles. The molecule has 0 aromatic carbocycles. The summed E-state index contributed by atoms with van der Waals surface area (Å²) in [6, 6.07) is 0. The van der Waals surface area contributed by atoms with Crippen LogP contribution in [0.4, 0.5) is 0 Å². The van der Waals surface area contributed by atoms with Crippen molar-refractivity contribution in [2.75, 3.05) is 0 Å². The molecule has 0 unspecified atom stereocenters. The summed E-state index contributed by atoms with van der Waals surface area (Å²) in [5.74, 6) is 0.103. The first-order valence-electron chi connectivity index (χ1n) is 3.23. The number of guanidine groups is 1. The SMILES string of the molecule is CC(C)(C)N[C](=[W])N=C(N)N. The molecule has 0 radical (unpaired) electrons. The van der Waals surface area contributed by atoms with E-state index in [2.05, 4.69) is 31.1 Å². The average Bonchev–Trinajstić information content (AvgIpc) is 1.53. The predicted octanol–water partition coefficient (Wildman–Crippen LogP) is -0.718. The monoisotopic (exact) mass is 326 g/mol. The normalized spacial score (nSPS) is 10.8. The van der Waals surface area contributed by atoms with Crippen molar-refractivity contribution in [2.45, 2.75) is 26.3 Å². The van der Waals surface area contributed by atoms with Gasteiger partial charge in [0.1, 0.15) is 0 Å². The van der Waals surface area contributed by atoms with Crippen LogP contribution in [-0.4, -0.2) is 15.6 Å². The van der Waals surface area contributed by atoms with E-state index >= 15 is 0 Å². The predicted molar refractivity (Wildman–Crippen MR) is 43.7 cm³/mol. The molecule has 0 saturated carbocycles. The molecule has 0 fully saturated rings. The van der Waals surface area contributed by atoms with E-state index in [4.69, 9.17) is 11.5 Å². The van der Waals surface area contributed by atoms with Crippen molar-refractivity contribution in [2.24, 2.45) is 16.5 Å². The Balaban J connectivity index is 4.00. The summed E-state index contributed by atoms with van der Waals surface area (Å²) >= 11 is 1.23. The molecule has 0 heterocycles. The molecule has 0 bridgehead atoms. The van der Waals surface area contributed by atoms with Crippen LogP contribution in [0.3, 0.4) is 0 Å². The van der Waals surface area contributed by atoms with Crippen LogP contribution >= 0.6 is 0 Å². The molecule has 0 atom stereocenters. The maximum absolute atomic E-state index is 5.19. The summed E-state index contributed by atoms with van der Waals surface area (Å²) in [4.78, 5) is 3.88. The Kier molecular flexibility index (Phi) is 3.90. The first kappa shape index (κ1) is 10.8. The molecular formula is C6H14N4W. The number of nitrogens with zero attached hydrogens (tertiary/aromatic N) is 1. The van der Waals surface area contributed by atoms with Crippen LogP contribution in [0.5, 0.6) is 0 Å². The molecule has 0 amide bonds. The van der Waals surface area contributed by atoms with Gasteiger partial charge in [-0.15, -0.1) is 0 Å². The van der Waals surface area contributed by atoms with Gasteiger partial charge in [-0.05, 0) is 0 Å². The van der Waals surface area contributed by atoms with Crippen LogP contribution in [0, 0.1) is 0 Å².